The molecule has 1 heterocycles. The maximum absolute atomic E-state index is 6.08. The van der Waals surface area contributed by atoms with Gasteiger partial charge in [-0.3, -0.25) is 0 Å². The van der Waals surface area contributed by atoms with Crippen molar-refractivity contribution in [2.24, 2.45) is 5.92 Å². The predicted octanol–water partition coefficient (Wildman–Crippen LogP) is 5.27. The van der Waals surface area contributed by atoms with E-state index in [1.54, 1.807) is 0 Å². The topological polar surface area (TPSA) is 4.93 Å². The van der Waals surface area contributed by atoms with Crippen molar-refractivity contribution < 1.29 is 0 Å². The summed E-state index contributed by atoms with van der Waals surface area (Å²) in [5, 5.41) is 2.13. The lowest BCUT2D eigenvalue weighted by Gasteiger charge is -2.21. The summed E-state index contributed by atoms with van der Waals surface area (Å²) in [6.45, 7) is 1.13. The van der Waals surface area contributed by atoms with E-state index in [0.717, 1.165) is 17.5 Å². The highest BCUT2D eigenvalue weighted by molar-refractivity contribution is 6.31. The fourth-order valence-corrected chi connectivity index (χ4v) is 3.32. The maximum Gasteiger partial charge on any atom is 0.0495 e. The van der Waals surface area contributed by atoms with Crippen LogP contribution in [0.5, 0.6) is 0 Å². The van der Waals surface area contributed by atoms with Gasteiger partial charge in [0.05, 0.1) is 0 Å². The van der Waals surface area contributed by atoms with E-state index in [-0.39, 0.29) is 0 Å². The molecule has 1 fully saturated rings. The Kier molecular flexibility index (Phi) is 3.60. The molecule has 2 heteroatoms. The first-order chi connectivity index (χ1) is 8.83. The molecular formula is C16H20ClN. The molecule has 18 heavy (non-hydrogen) atoms. The van der Waals surface area contributed by atoms with Crippen LogP contribution in [0.2, 0.25) is 5.02 Å². The minimum atomic E-state index is 0.833. The maximum atomic E-state index is 6.08. The Labute approximate surface area is 114 Å². The zero-order chi connectivity index (χ0) is 12.4. The number of hydrogen-bond donors (Lipinski definition) is 0. The molecule has 0 bridgehead atoms. The van der Waals surface area contributed by atoms with Crippen LogP contribution in [-0.4, -0.2) is 4.57 Å². The highest BCUT2D eigenvalue weighted by Gasteiger charge is 2.13. The van der Waals surface area contributed by atoms with Crippen LogP contribution >= 0.6 is 11.6 Å². The average molecular weight is 262 g/mol. The van der Waals surface area contributed by atoms with E-state index in [4.69, 9.17) is 11.6 Å². The van der Waals surface area contributed by atoms with Crippen molar-refractivity contribution in [2.75, 3.05) is 0 Å². The Hall–Kier alpha value is -0.950. The molecule has 0 radical (unpaired) electrons. The molecule has 3 rings (SSSR count). The molecule has 0 aliphatic heterocycles. The highest BCUT2D eigenvalue weighted by Crippen LogP contribution is 2.28. The first kappa shape index (κ1) is 12.1. The standard InChI is InChI=1S/C16H20ClN/c17-15-7-6-14-9-11-18(16(14)12-15)10-8-13-4-2-1-3-5-13/h6-7,9,11-13H,1-5,8,10H2. The molecule has 0 N–H and O–H groups in total. The molecule has 0 unspecified atom stereocenters. The van der Waals surface area contributed by atoms with E-state index >= 15 is 0 Å². The number of nitrogens with zero attached hydrogens (tertiary/aromatic N) is 1. The van der Waals surface area contributed by atoms with Crippen molar-refractivity contribution in [3.05, 3.63) is 35.5 Å². The van der Waals surface area contributed by atoms with Gasteiger partial charge in [-0.2, -0.15) is 0 Å². The molecule has 0 saturated heterocycles. The van der Waals surface area contributed by atoms with Gasteiger partial charge in [-0.25, -0.2) is 0 Å². The summed E-state index contributed by atoms with van der Waals surface area (Å²) in [6, 6.07) is 8.34. The van der Waals surface area contributed by atoms with E-state index in [0.29, 0.717) is 0 Å². The lowest BCUT2D eigenvalue weighted by molar-refractivity contribution is 0.325. The zero-order valence-corrected chi connectivity index (χ0v) is 11.5. The van der Waals surface area contributed by atoms with Crippen molar-refractivity contribution in [1.82, 2.24) is 4.57 Å². The van der Waals surface area contributed by atoms with E-state index in [1.165, 1.54) is 49.4 Å². The molecule has 96 valence electrons. The molecule has 1 aromatic carbocycles. The van der Waals surface area contributed by atoms with Crippen molar-refractivity contribution in [1.29, 1.82) is 0 Å². The minimum absolute atomic E-state index is 0.833. The van der Waals surface area contributed by atoms with Crippen molar-refractivity contribution in [3.63, 3.8) is 0 Å². The normalized spacial score (nSPS) is 17.4. The minimum Gasteiger partial charge on any atom is -0.347 e. The molecule has 1 nitrogen and oxygen atoms in total. The molecule has 0 amide bonds. The second-order valence-electron chi connectivity index (χ2n) is 5.50. The van der Waals surface area contributed by atoms with Gasteiger partial charge < -0.3 is 4.57 Å². The summed E-state index contributed by atoms with van der Waals surface area (Å²) in [4.78, 5) is 0. The molecule has 1 saturated carbocycles. The Morgan fingerprint density at radius 3 is 2.78 bits per heavy atom. The van der Waals surface area contributed by atoms with Gasteiger partial charge in [0, 0.05) is 23.3 Å². The van der Waals surface area contributed by atoms with Crippen molar-refractivity contribution in [2.45, 2.75) is 45.1 Å². The lowest BCUT2D eigenvalue weighted by Crippen LogP contribution is -2.09. The molecule has 0 atom stereocenters. The summed E-state index contributed by atoms with van der Waals surface area (Å²) in [7, 11) is 0. The van der Waals surface area contributed by atoms with Crippen molar-refractivity contribution in [3.8, 4) is 0 Å². The van der Waals surface area contributed by atoms with Crippen LogP contribution in [0, 0.1) is 5.92 Å². The smallest absolute Gasteiger partial charge is 0.0495 e. The number of halogens is 1. The van der Waals surface area contributed by atoms with E-state index in [2.05, 4.69) is 29.0 Å². The Bertz CT molecular complexity index is 523. The van der Waals surface area contributed by atoms with Gasteiger partial charge in [-0.1, -0.05) is 49.8 Å². The summed E-state index contributed by atoms with van der Waals surface area (Å²) >= 11 is 6.08. The molecule has 2 aromatic rings. The summed E-state index contributed by atoms with van der Waals surface area (Å²) in [6.07, 6.45) is 10.7. The van der Waals surface area contributed by atoms with E-state index in [9.17, 15) is 0 Å². The second-order valence-corrected chi connectivity index (χ2v) is 5.94. The predicted molar refractivity (Wildman–Crippen MR) is 78.1 cm³/mol. The van der Waals surface area contributed by atoms with Crippen LogP contribution in [0.4, 0.5) is 0 Å². The van der Waals surface area contributed by atoms with Gasteiger partial charge >= 0.3 is 0 Å². The molecule has 0 spiro atoms. The first-order valence-electron chi connectivity index (χ1n) is 7.07. The SMILES string of the molecule is Clc1ccc2ccn(CCC3CCCCC3)c2c1. The summed E-state index contributed by atoms with van der Waals surface area (Å²) in [5.41, 5.74) is 1.28. The molecular weight excluding hydrogens is 242 g/mol. The second kappa shape index (κ2) is 5.36. The average Bonchev–Trinajstić information content (AvgIpc) is 2.80. The van der Waals surface area contributed by atoms with Gasteiger partial charge in [-0.15, -0.1) is 0 Å². The quantitative estimate of drug-likeness (QED) is 0.710. The Balaban J connectivity index is 1.72. The first-order valence-corrected chi connectivity index (χ1v) is 7.45. The summed E-state index contributed by atoms with van der Waals surface area (Å²) in [5.74, 6) is 0.940. The number of aryl methyl sites for hydroxylation is 1. The Morgan fingerprint density at radius 1 is 1.11 bits per heavy atom. The zero-order valence-electron chi connectivity index (χ0n) is 10.7. The number of benzene rings is 1. The van der Waals surface area contributed by atoms with Crippen LogP contribution < -0.4 is 0 Å². The number of aromatic nitrogens is 1. The van der Waals surface area contributed by atoms with Crippen LogP contribution in [0.25, 0.3) is 10.9 Å². The van der Waals surface area contributed by atoms with Gasteiger partial charge in [0.15, 0.2) is 0 Å². The number of hydrogen-bond acceptors (Lipinski definition) is 0. The van der Waals surface area contributed by atoms with Crippen LogP contribution in [0.1, 0.15) is 38.5 Å². The van der Waals surface area contributed by atoms with Crippen LogP contribution in [0.3, 0.4) is 0 Å². The monoisotopic (exact) mass is 261 g/mol. The lowest BCUT2D eigenvalue weighted by atomic mass is 9.87. The molecule has 1 aliphatic carbocycles. The summed E-state index contributed by atoms with van der Waals surface area (Å²) < 4.78 is 2.36. The number of rotatable bonds is 3. The third-order valence-electron chi connectivity index (χ3n) is 4.24. The third-order valence-corrected chi connectivity index (χ3v) is 4.47. The van der Waals surface area contributed by atoms with E-state index in [1.807, 2.05) is 6.07 Å². The fourth-order valence-electron chi connectivity index (χ4n) is 3.15. The third kappa shape index (κ3) is 2.56. The largest absolute Gasteiger partial charge is 0.347 e. The van der Waals surface area contributed by atoms with Gasteiger partial charge in [0.25, 0.3) is 0 Å². The van der Waals surface area contributed by atoms with Crippen LogP contribution in [0.15, 0.2) is 30.5 Å². The van der Waals surface area contributed by atoms with Crippen molar-refractivity contribution >= 4 is 22.5 Å². The van der Waals surface area contributed by atoms with Crippen LogP contribution in [-0.2, 0) is 6.54 Å². The molecule has 1 aromatic heterocycles. The number of fused-ring (bicyclic) bond motifs is 1. The highest BCUT2D eigenvalue weighted by atomic mass is 35.5. The fraction of sp³-hybridized carbons (Fsp3) is 0.500. The van der Waals surface area contributed by atoms with E-state index < -0.39 is 0 Å². The Morgan fingerprint density at radius 2 is 1.94 bits per heavy atom. The molecule has 1 aliphatic rings. The van der Waals surface area contributed by atoms with Gasteiger partial charge in [0.1, 0.15) is 0 Å². The van der Waals surface area contributed by atoms with Gasteiger partial charge in [0.2, 0.25) is 0 Å². The van der Waals surface area contributed by atoms with Gasteiger partial charge in [-0.05, 0) is 35.9 Å².